The van der Waals surface area contributed by atoms with Gasteiger partial charge in [0.15, 0.2) is 0 Å². The number of hydrogen-bond acceptors (Lipinski definition) is 2. The molecule has 1 aromatic rings. The van der Waals surface area contributed by atoms with Gasteiger partial charge in [-0.3, -0.25) is 0 Å². The molecule has 2 nitrogen and oxygen atoms in total. The van der Waals surface area contributed by atoms with Crippen LogP contribution in [-0.2, 0) is 4.74 Å². The highest BCUT2D eigenvalue weighted by molar-refractivity contribution is 6.30. The van der Waals surface area contributed by atoms with Gasteiger partial charge >= 0.3 is 6.18 Å². The largest absolute Gasteiger partial charge is 0.493 e. The van der Waals surface area contributed by atoms with E-state index in [1.807, 2.05) is 13.0 Å². The monoisotopic (exact) mass is 282 g/mol. The minimum Gasteiger partial charge on any atom is -0.493 e. The molecule has 0 heterocycles. The highest BCUT2D eigenvalue weighted by Crippen LogP contribution is 2.22. The van der Waals surface area contributed by atoms with Crippen LogP contribution in [0.1, 0.15) is 12.0 Å². The lowest BCUT2D eigenvalue weighted by atomic mass is 10.2. The third-order valence-corrected chi connectivity index (χ3v) is 2.34. The van der Waals surface area contributed by atoms with E-state index in [1.54, 1.807) is 12.1 Å². The Morgan fingerprint density at radius 1 is 1.22 bits per heavy atom. The van der Waals surface area contributed by atoms with E-state index in [0.29, 0.717) is 23.8 Å². The van der Waals surface area contributed by atoms with Crippen LogP contribution in [0.3, 0.4) is 0 Å². The lowest BCUT2D eigenvalue weighted by Crippen LogP contribution is -2.18. The molecule has 0 aromatic heterocycles. The van der Waals surface area contributed by atoms with E-state index in [4.69, 9.17) is 16.3 Å². The second kappa shape index (κ2) is 6.85. The second-order valence-corrected chi connectivity index (χ2v) is 4.22. The van der Waals surface area contributed by atoms with Crippen LogP contribution in [0.15, 0.2) is 18.2 Å². The molecule has 0 radical (unpaired) electrons. The molecule has 0 spiro atoms. The van der Waals surface area contributed by atoms with E-state index >= 15 is 0 Å². The van der Waals surface area contributed by atoms with Gasteiger partial charge in [0, 0.05) is 11.4 Å². The topological polar surface area (TPSA) is 18.5 Å². The second-order valence-electron chi connectivity index (χ2n) is 3.78. The molecule has 1 aromatic carbocycles. The van der Waals surface area contributed by atoms with Crippen molar-refractivity contribution in [2.75, 3.05) is 19.8 Å². The van der Waals surface area contributed by atoms with Crippen LogP contribution >= 0.6 is 11.6 Å². The Morgan fingerprint density at radius 3 is 2.61 bits per heavy atom. The fraction of sp³-hybridized carbons (Fsp3) is 0.500. The lowest BCUT2D eigenvalue weighted by molar-refractivity contribution is -0.174. The van der Waals surface area contributed by atoms with Crippen LogP contribution in [0.4, 0.5) is 13.2 Å². The smallest absolute Gasteiger partial charge is 0.411 e. The predicted molar refractivity (Wildman–Crippen MR) is 63.2 cm³/mol. The third-order valence-electron chi connectivity index (χ3n) is 2.11. The van der Waals surface area contributed by atoms with Gasteiger partial charge in [-0.1, -0.05) is 17.7 Å². The van der Waals surface area contributed by atoms with Crippen molar-refractivity contribution in [1.29, 1.82) is 0 Å². The number of alkyl halides is 3. The summed E-state index contributed by atoms with van der Waals surface area (Å²) < 4.78 is 45.1. The normalized spacial score (nSPS) is 11.6. The van der Waals surface area contributed by atoms with Crippen molar-refractivity contribution in [2.45, 2.75) is 19.5 Å². The minimum atomic E-state index is -4.27. The summed E-state index contributed by atoms with van der Waals surface area (Å²) in [6.07, 6.45) is -3.88. The molecule has 0 saturated heterocycles. The molecular formula is C12H14ClF3O2. The number of hydrogen-bond donors (Lipinski definition) is 0. The van der Waals surface area contributed by atoms with Gasteiger partial charge in [-0.2, -0.15) is 13.2 Å². The molecule has 0 atom stereocenters. The summed E-state index contributed by atoms with van der Waals surface area (Å²) in [6.45, 7) is 0.952. The van der Waals surface area contributed by atoms with Crippen molar-refractivity contribution in [1.82, 2.24) is 0 Å². The van der Waals surface area contributed by atoms with E-state index in [1.165, 1.54) is 0 Å². The fourth-order valence-electron chi connectivity index (χ4n) is 1.26. The van der Waals surface area contributed by atoms with Crippen LogP contribution in [0.25, 0.3) is 0 Å². The Hall–Kier alpha value is -0.940. The summed E-state index contributed by atoms with van der Waals surface area (Å²) in [5, 5.41) is 0.559. The van der Waals surface area contributed by atoms with Gasteiger partial charge in [-0.25, -0.2) is 0 Å². The van der Waals surface area contributed by atoms with Gasteiger partial charge in [-0.05, 0) is 24.6 Å². The molecule has 0 unspecified atom stereocenters. The molecule has 0 saturated carbocycles. The van der Waals surface area contributed by atoms with Gasteiger partial charge in [0.25, 0.3) is 0 Å². The van der Waals surface area contributed by atoms with Crippen molar-refractivity contribution in [3.05, 3.63) is 28.8 Å². The quantitative estimate of drug-likeness (QED) is 0.734. The van der Waals surface area contributed by atoms with E-state index in [2.05, 4.69) is 4.74 Å². The molecule has 0 aliphatic carbocycles. The fourth-order valence-corrected chi connectivity index (χ4v) is 1.42. The number of rotatable bonds is 6. The Bertz CT molecular complexity index is 380. The zero-order valence-corrected chi connectivity index (χ0v) is 10.6. The number of ether oxygens (including phenoxy) is 2. The average molecular weight is 283 g/mol. The maximum atomic E-state index is 11.8. The molecule has 1 rings (SSSR count). The van der Waals surface area contributed by atoms with Gasteiger partial charge in [-0.15, -0.1) is 0 Å². The van der Waals surface area contributed by atoms with Crippen molar-refractivity contribution in [3.8, 4) is 5.75 Å². The van der Waals surface area contributed by atoms with Gasteiger partial charge in [0.05, 0.1) is 13.2 Å². The SMILES string of the molecule is Cc1ccc(Cl)cc1OCCCOCC(F)(F)F. The molecule has 0 aliphatic heterocycles. The molecule has 0 bridgehead atoms. The van der Waals surface area contributed by atoms with Crippen LogP contribution in [0, 0.1) is 6.92 Å². The number of benzene rings is 1. The summed E-state index contributed by atoms with van der Waals surface area (Å²) in [5.41, 5.74) is 0.926. The van der Waals surface area contributed by atoms with E-state index in [0.717, 1.165) is 5.56 Å². The molecular weight excluding hydrogens is 269 g/mol. The van der Waals surface area contributed by atoms with Crippen LogP contribution in [-0.4, -0.2) is 26.0 Å². The molecule has 6 heteroatoms. The Balaban J connectivity index is 2.20. The summed E-state index contributed by atoms with van der Waals surface area (Å²) >= 11 is 5.80. The van der Waals surface area contributed by atoms with Gasteiger partial charge in [0.1, 0.15) is 12.4 Å². The molecule has 0 amide bonds. The van der Waals surface area contributed by atoms with Crippen molar-refractivity contribution < 1.29 is 22.6 Å². The predicted octanol–water partition coefficient (Wildman–Crippen LogP) is 4.00. The highest BCUT2D eigenvalue weighted by Gasteiger charge is 2.27. The molecule has 102 valence electrons. The Labute approximate surface area is 109 Å². The van der Waals surface area contributed by atoms with Crippen molar-refractivity contribution in [2.24, 2.45) is 0 Å². The number of halogens is 4. The minimum absolute atomic E-state index is 0.0130. The summed E-state index contributed by atoms with van der Waals surface area (Å²) in [7, 11) is 0. The number of aryl methyl sites for hydroxylation is 1. The van der Waals surface area contributed by atoms with Crippen molar-refractivity contribution in [3.63, 3.8) is 0 Å². The standard InChI is InChI=1S/C12H14ClF3O2/c1-9-3-4-10(13)7-11(9)18-6-2-5-17-8-12(14,15)16/h3-4,7H,2,5-6,8H2,1H3. The zero-order chi connectivity index (χ0) is 13.6. The average Bonchev–Trinajstić information content (AvgIpc) is 2.26. The summed E-state index contributed by atoms with van der Waals surface area (Å²) in [6, 6.07) is 5.24. The maximum Gasteiger partial charge on any atom is 0.411 e. The highest BCUT2D eigenvalue weighted by atomic mass is 35.5. The summed E-state index contributed by atoms with van der Waals surface area (Å²) in [5.74, 6) is 0.637. The third kappa shape index (κ3) is 6.12. The molecule has 0 fully saturated rings. The first kappa shape index (κ1) is 15.1. The molecule has 0 aliphatic rings. The first-order valence-electron chi connectivity index (χ1n) is 5.42. The van der Waals surface area contributed by atoms with Gasteiger partial charge < -0.3 is 9.47 Å². The Morgan fingerprint density at radius 2 is 1.94 bits per heavy atom. The Kier molecular flexibility index (Phi) is 5.75. The first-order chi connectivity index (χ1) is 8.38. The summed E-state index contributed by atoms with van der Waals surface area (Å²) in [4.78, 5) is 0. The van der Waals surface area contributed by atoms with Crippen LogP contribution in [0.5, 0.6) is 5.75 Å². The zero-order valence-electron chi connectivity index (χ0n) is 9.89. The van der Waals surface area contributed by atoms with E-state index < -0.39 is 12.8 Å². The molecule has 0 N–H and O–H groups in total. The van der Waals surface area contributed by atoms with E-state index in [9.17, 15) is 13.2 Å². The first-order valence-corrected chi connectivity index (χ1v) is 5.80. The van der Waals surface area contributed by atoms with Gasteiger partial charge in [0.2, 0.25) is 0 Å². The molecule has 18 heavy (non-hydrogen) atoms. The van der Waals surface area contributed by atoms with Crippen molar-refractivity contribution >= 4 is 11.6 Å². The van der Waals surface area contributed by atoms with Crippen LogP contribution < -0.4 is 4.74 Å². The maximum absolute atomic E-state index is 11.8. The van der Waals surface area contributed by atoms with E-state index in [-0.39, 0.29) is 6.61 Å². The lowest BCUT2D eigenvalue weighted by Gasteiger charge is -2.10. The van der Waals surface area contributed by atoms with Crippen LogP contribution in [0.2, 0.25) is 5.02 Å².